The van der Waals surface area contributed by atoms with Crippen LogP contribution < -0.4 is 0 Å². The lowest BCUT2D eigenvalue weighted by Gasteiger charge is -2.15. The standard InChI is InChI=1S/C19H17IO/c1-13(20)19(12-21-19)11-14-6-7-17-9-15-4-2-3-5-16(15)10-18(17)8-14/h2-10,13H,11-12H2,1H3/t13-,19?/m0/s1. The normalized spacial score (nSPS) is 22.6. The molecular formula is C19H17IO. The predicted molar refractivity (Wildman–Crippen MR) is 97.3 cm³/mol. The lowest BCUT2D eigenvalue weighted by atomic mass is 9.95. The van der Waals surface area contributed by atoms with E-state index in [9.17, 15) is 0 Å². The fourth-order valence-electron chi connectivity index (χ4n) is 3.01. The zero-order valence-corrected chi connectivity index (χ0v) is 14.1. The first kappa shape index (κ1) is 13.5. The number of benzene rings is 3. The molecule has 106 valence electrons. The van der Waals surface area contributed by atoms with Crippen LogP contribution in [0, 0.1) is 0 Å². The van der Waals surface area contributed by atoms with Crippen LogP contribution in [-0.4, -0.2) is 16.1 Å². The van der Waals surface area contributed by atoms with Gasteiger partial charge in [0.05, 0.1) is 6.61 Å². The van der Waals surface area contributed by atoms with Gasteiger partial charge in [0.1, 0.15) is 5.60 Å². The quantitative estimate of drug-likeness (QED) is 0.262. The highest BCUT2D eigenvalue weighted by Gasteiger charge is 2.48. The minimum atomic E-state index is 0.0745. The maximum absolute atomic E-state index is 5.74. The Morgan fingerprint density at radius 2 is 1.62 bits per heavy atom. The molecule has 1 nitrogen and oxygen atoms in total. The Balaban J connectivity index is 1.77. The Morgan fingerprint density at radius 3 is 2.24 bits per heavy atom. The molecule has 0 N–H and O–H groups in total. The molecule has 1 aliphatic heterocycles. The molecule has 1 saturated heterocycles. The van der Waals surface area contributed by atoms with Gasteiger partial charge in [-0.15, -0.1) is 0 Å². The van der Waals surface area contributed by atoms with Gasteiger partial charge in [-0.1, -0.05) is 72.0 Å². The van der Waals surface area contributed by atoms with Gasteiger partial charge in [-0.2, -0.15) is 0 Å². The Kier molecular flexibility index (Phi) is 3.19. The highest BCUT2D eigenvalue weighted by Crippen LogP contribution is 2.39. The molecule has 1 fully saturated rings. The molecule has 0 aliphatic carbocycles. The fourth-order valence-corrected chi connectivity index (χ4v) is 3.59. The minimum Gasteiger partial charge on any atom is -0.368 e. The predicted octanol–water partition coefficient (Wildman–Crippen LogP) is 5.13. The second kappa shape index (κ2) is 4.96. The van der Waals surface area contributed by atoms with Crippen molar-refractivity contribution in [3.63, 3.8) is 0 Å². The first-order valence-corrected chi connectivity index (χ1v) is 8.60. The summed E-state index contributed by atoms with van der Waals surface area (Å²) in [5.41, 5.74) is 1.45. The molecule has 2 heteroatoms. The van der Waals surface area contributed by atoms with Gasteiger partial charge in [-0.25, -0.2) is 0 Å². The van der Waals surface area contributed by atoms with Crippen molar-refractivity contribution >= 4 is 44.1 Å². The molecule has 0 spiro atoms. The molecule has 1 unspecified atom stereocenters. The monoisotopic (exact) mass is 388 g/mol. The largest absolute Gasteiger partial charge is 0.368 e. The molecule has 21 heavy (non-hydrogen) atoms. The van der Waals surface area contributed by atoms with Crippen LogP contribution in [0.5, 0.6) is 0 Å². The van der Waals surface area contributed by atoms with Gasteiger partial charge in [-0.3, -0.25) is 0 Å². The van der Waals surface area contributed by atoms with E-state index in [-0.39, 0.29) is 5.60 Å². The van der Waals surface area contributed by atoms with E-state index in [1.807, 2.05) is 0 Å². The van der Waals surface area contributed by atoms with E-state index < -0.39 is 0 Å². The zero-order valence-electron chi connectivity index (χ0n) is 12.0. The summed E-state index contributed by atoms with van der Waals surface area (Å²) < 4.78 is 6.28. The van der Waals surface area contributed by atoms with Crippen LogP contribution in [0.4, 0.5) is 0 Å². The molecule has 4 rings (SSSR count). The van der Waals surface area contributed by atoms with Crippen LogP contribution in [0.3, 0.4) is 0 Å². The summed E-state index contributed by atoms with van der Waals surface area (Å²) in [6.07, 6.45) is 1.01. The van der Waals surface area contributed by atoms with Gasteiger partial charge < -0.3 is 4.74 Å². The van der Waals surface area contributed by atoms with E-state index >= 15 is 0 Å². The van der Waals surface area contributed by atoms with E-state index in [1.165, 1.54) is 27.1 Å². The van der Waals surface area contributed by atoms with E-state index in [2.05, 4.69) is 84.1 Å². The molecule has 3 aromatic rings. The van der Waals surface area contributed by atoms with Crippen molar-refractivity contribution in [3.8, 4) is 0 Å². The molecular weight excluding hydrogens is 371 g/mol. The highest BCUT2D eigenvalue weighted by atomic mass is 127. The molecule has 3 aromatic carbocycles. The van der Waals surface area contributed by atoms with E-state index in [0.29, 0.717) is 3.92 Å². The summed E-state index contributed by atoms with van der Waals surface area (Å²) >= 11 is 2.48. The number of rotatable bonds is 3. The van der Waals surface area contributed by atoms with Crippen LogP contribution in [0.2, 0.25) is 0 Å². The van der Waals surface area contributed by atoms with Gasteiger partial charge in [0, 0.05) is 10.3 Å². The van der Waals surface area contributed by atoms with Gasteiger partial charge in [0.15, 0.2) is 0 Å². The lowest BCUT2D eigenvalue weighted by Crippen LogP contribution is -2.24. The van der Waals surface area contributed by atoms with Crippen LogP contribution in [-0.2, 0) is 11.2 Å². The molecule has 0 radical (unpaired) electrons. The number of epoxide rings is 1. The Hall–Kier alpha value is -1.13. The van der Waals surface area contributed by atoms with Gasteiger partial charge in [0.2, 0.25) is 0 Å². The van der Waals surface area contributed by atoms with Crippen molar-refractivity contribution in [1.29, 1.82) is 0 Å². The Bertz CT molecular complexity index is 818. The van der Waals surface area contributed by atoms with Crippen LogP contribution in [0.25, 0.3) is 21.5 Å². The Morgan fingerprint density at radius 1 is 1.00 bits per heavy atom. The average Bonchev–Trinajstić information content (AvgIpc) is 3.26. The molecule has 0 amide bonds. The maximum atomic E-state index is 5.74. The molecule has 0 aromatic heterocycles. The van der Waals surface area contributed by atoms with Crippen molar-refractivity contribution in [3.05, 3.63) is 60.2 Å². The van der Waals surface area contributed by atoms with E-state index in [1.54, 1.807) is 0 Å². The first-order chi connectivity index (χ1) is 10.2. The van der Waals surface area contributed by atoms with Gasteiger partial charge >= 0.3 is 0 Å². The van der Waals surface area contributed by atoms with Crippen molar-refractivity contribution < 1.29 is 4.74 Å². The molecule has 1 aliphatic rings. The zero-order chi connectivity index (χ0) is 14.4. The van der Waals surface area contributed by atoms with E-state index in [0.717, 1.165) is 13.0 Å². The molecule has 1 heterocycles. The smallest absolute Gasteiger partial charge is 0.107 e. The van der Waals surface area contributed by atoms with Gasteiger partial charge in [0.25, 0.3) is 0 Å². The molecule has 0 bridgehead atoms. The number of fused-ring (bicyclic) bond motifs is 2. The third-order valence-corrected chi connectivity index (χ3v) is 5.65. The summed E-state index contributed by atoms with van der Waals surface area (Å²) in [4.78, 5) is 0. The summed E-state index contributed by atoms with van der Waals surface area (Å²) in [5, 5.41) is 5.25. The van der Waals surface area contributed by atoms with Gasteiger partial charge in [-0.05, 0) is 39.2 Å². The topological polar surface area (TPSA) is 12.5 Å². The SMILES string of the molecule is C[C@H](I)C1(Cc2ccc3cc4ccccc4cc3c2)CO1. The lowest BCUT2D eigenvalue weighted by molar-refractivity contribution is 0.305. The van der Waals surface area contributed by atoms with Crippen molar-refractivity contribution in [2.24, 2.45) is 0 Å². The summed E-state index contributed by atoms with van der Waals surface area (Å²) in [6.45, 7) is 3.13. The second-order valence-electron chi connectivity index (χ2n) is 6.03. The number of alkyl halides is 1. The number of hydrogen-bond acceptors (Lipinski definition) is 1. The first-order valence-electron chi connectivity index (χ1n) is 7.36. The van der Waals surface area contributed by atoms with E-state index in [4.69, 9.17) is 4.74 Å². The van der Waals surface area contributed by atoms with Crippen LogP contribution in [0.15, 0.2) is 54.6 Å². The number of halogens is 1. The minimum absolute atomic E-state index is 0.0745. The number of ether oxygens (including phenoxy) is 1. The molecule has 0 saturated carbocycles. The number of hydrogen-bond donors (Lipinski definition) is 0. The summed E-state index contributed by atoms with van der Waals surface area (Å²) in [7, 11) is 0. The Labute approximate surface area is 138 Å². The van der Waals surface area contributed by atoms with Crippen LogP contribution >= 0.6 is 22.6 Å². The van der Waals surface area contributed by atoms with Crippen molar-refractivity contribution in [2.75, 3.05) is 6.61 Å². The summed E-state index contributed by atoms with van der Waals surface area (Å²) in [5.74, 6) is 0. The third kappa shape index (κ3) is 2.44. The third-order valence-electron chi connectivity index (χ3n) is 4.51. The van der Waals surface area contributed by atoms with Crippen molar-refractivity contribution in [1.82, 2.24) is 0 Å². The fraction of sp³-hybridized carbons (Fsp3) is 0.263. The molecule has 2 atom stereocenters. The average molecular weight is 388 g/mol. The summed E-state index contributed by atoms with van der Waals surface area (Å²) in [6, 6.07) is 19.9. The maximum Gasteiger partial charge on any atom is 0.107 e. The highest BCUT2D eigenvalue weighted by molar-refractivity contribution is 14.1. The van der Waals surface area contributed by atoms with Crippen LogP contribution in [0.1, 0.15) is 12.5 Å². The van der Waals surface area contributed by atoms with Crippen molar-refractivity contribution in [2.45, 2.75) is 22.9 Å². The second-order valence-corrected chi connectivity index (χ2v) is 7.90.